The lowest BCUT2D eigenvalue weighted by molar-refractivity contribution is 0.124. The van der Waals surface area contributed by atoms with E-state index in [1.807, 2.05) is 24.4 Å². The Balaban J connectivity index is 1.39. The van der Waals surface area contributed by atoms with Gasteiger partial charge in [-0.05, 0) is 37.3 Å². The van der Waals surface area contributed by atoms with Gasteiger partial charge in [0.2, 0.25) is 5.95 Å². The molecule has 1 saturated carbocycles. The van der Waals surface area contributed by atoms with Crippen LogP contribution >= 0.6 is 0 Å². The molecule has 0 bridgehead atoms. The second kappa shape index (κ2) is 5.35. The minimum Gasteiger partial charge on any atom is -0.381 e. The lowest BCUT2D eigenvalue weighted by Crippen LogP contribution is -2.07. The summed E-state index contributed by atoms with van der Waals surface area (Å²) in [6.45, 7) is 2.60. The lowest BCUT2D eigenvalue weighted by atomic mass is 10.4. The van der Waals surface area contributed by atoms with Gasteiger partial charge < -0.3 is 10.1 Å². The van der Waals surface area contributed by atoms with Crippen LogP contribution in [0.15, 0.2) is 24.4 Å². The molecule has 0 saturated heterocycles. The van der Waals surface area contributed by atoms with Crippen molar-refractivity contribution in [2.45, 2.75) is 19.3 Å². The van der Waals surface area contributed by atoms with Crippen LogP contribution in [0, 0.1) is 5.92 Å². The third-order valence-electron chi connectivity index (χ3n) is 3.04. The maximum absolute atomic E-state index is 5.57. The summed E-state index contributed by atoms with van der Waals surface area (Å²) in [4.78, 5) is 4.37. The molecule has 3 rings (SSSR count). The Morgan fingerprint density at radius 2 is 2.33 bits per heavy atom. The molecular weight excluding hydrogens is 228 g/mol. The lowest BCUT2D eigenvalue weighted by Gasteiger charge is -2.03. The van der Waals surface area contributed by atoms with E-state index in [1.165, 1.54) is 12.8 Å². The Bertz CT molecular complexity index is 473. The second-order valence-electron chi connectivity index (χ2n) is 4.74. The van der Waals surface area contributed by atoms with Crippen molar-refractivity contribution >= 4 is 11.6 Å². The van der Waals surface area contributed by atoms with Crippen LogP contribution in [0.5, 0.6) is 0 Å². The first-order valence-corrected chi connectivity index (χ1v) is 6.55. The standard InChI is InChI=1S/C13H18N4O/c1-2-8-17-12(4-1)15-13(16-17)14-7-3-9-18-10-11-5-6-11/h1-2,4,8,11H,3,5-7,9-10H2,(H,14,16). The van der Waals surface area contributed by atoms with Crippen molar-refractivity contribution < 1.29 is 4.74 Å². The molecule has 2 heterocycles. The third kappa shape index (κ3) is 2.98. The summed E-state index contributed by atoms with van der Waals surface area (Å²) in [5.74, 6) is 1.53. The van der Waals surface area contributed by atoms with Gasteiger partial charge in [0.25, 0.3) is 0 Å². The van der Waals surface area contributed by atoms with Crippen LogP contribution in [0.2, 0.25) is 0 Å². The molecule has 0 amide bonds. The summed E-state index contributed by atoms with van der Waals surface area (Å²) >= 11 is 0. The van der Waals surface area contributed by atoms with Crippen LogP contribution in [-0.2, 0) is 4.74 Å². The maximum atomic E-state index is 5.57. The summed E-state index contributed by atoms with van der Waals surface area (Å²) in [6.07, 6.45) is 5.58. The van der Waals surface area contributed by atoms with E-state index in [-0.39, 0.29) is 0 Å². The van der Waals surface area contributed by atoms with Crippen molar-refractivity contribution in [3.63, 3.8) is 0 Å². The van der Waals surface area contributed by atoms with Crippen LogP contribution in [0.1, 0.15) is 19.3 Å². The Hall–Kier alpha value is -1.62. The molecule has 0 aromatic carbocycles. The minimum atomic E-state index is 0.684. The molecule has 5 nitrogen and oxygen atoms in total. The molecule has 2 aromatic heterocycles. The summed E-state index contributed by atoms with van der Waals surface area (Å²) in [5.41, 5.74) is 0.866. The van der Waals surface area contributed by atoms with Crippen molar-refractivity contribution in [3.8, 4) is 0 Å². The number of hydrogen-bond acceptors (Lipinski definition) is 4. The van der Waals surface area contributed by atoms with Gasteiger partial charge in [-0.15, -0.1) is 5.10 Å². The Morgan fingerprint density at radius 1 is 1.39 bits per heavy atom. The van der Waals surface area contributed by atoms with Gasteiger partial charge in [0.05, 0.1) is 0 Å². The summed E-state index contributed by atoms with van der Waals surface area (Å²) in [5, 5.41) is 7.54. The first-order valence-electron chi connectivity index (χ1n) is 6.55. The Labute approximate surface area is 106 Å². The molecule has 0 unspecified atom stereocenters. The molecule has 1 aliphatic rings. The molecule has 0 radical (unpaired) electrons. The van der Waals surface area contributed by atoms with Crippen molar-refractivity contribution in [1.29, 1.82) is 0 Å². The highest BCUT2D eigenvalue weighted by molar-refractivity contribution is 5.42. The van der Waals surface area contributed by atoms with Gasteiger partial charge in [-0.25, -0.2) is 4.52 Å². The topological polar surface area (TPSA) is 51.5 Å². The van der Waals surface area contributed by atoms with Crippen LogP contribution in [0.25, 0.3) is 5.65 Å². The van der Waals surface area contributed by atoms with E-state index in [0.29, 0.717) is 5.95 Å². The average Bonchev–Trinajstić information content (AvgIpc) is 3.11. The second-order valence-corrected chi connectivity index (χ2v) is 4.74. The maximum Gasteiger partial charge on any atom is 0.243 e. The monoisotopic (exact) mass is 246 g/mol. The van der Waals surface area contributed by atoms with Crippen LogP contribution < -0.4 is 5.32 Å². The first-order chi connectivity index (χ1) is 8.92. The Kier molecular flexibility index (Phi) is 3.41. The highest BCUT2D eigenvalue weighted by Gasteiger charge is 2.20. The van der Waals surface area contributed by atoms with Crippen molar-refractivity contribution in [3.05, 3.63) is 24.4 Å². The third-order valence-corrected chi connectivity index (χ3v) is 3.04. The number of nitrogens with one attached hydrogen (secondary N) is 1. The van der Waals surface area contributed by atoms with E-state index in [4.69, 9.17) is 4.74 Å². The van der Waals surface area contributed by atoms with Gasteiger partial charge >= 0.3 is 0 Å². The number of ether oxygens (including phenoxy) is 1. The molecule has 1 fully saturated rings. The predicted molar refractivity (Wildman–Crippen MR) is 69.6 cm³/mol. The zero-order chi connectivity index (χ0) is 12.2. The quantitative estimate of drug-likeness (QED) is 0.759. The van der Waals surface area contributed by atoms with E-state index < -0.39 is 0 Å². The molecule has 1 N–H and O–H groups in total. The van der Waals surface area contributed by atoms with Gasteiger partial charge in [-0.2, -0.15) is 4.98 Å². The normalized spacial score (nSPS) is 15.1. The van der Waals surface area contributed by atoms with E-state index in [1.54, 1.807) is 4.52 Å². The predicted octanol–water partition coefficient (Wildman–Crippen LogP) is 1.96. The zero-order valence-electron chi connectivity index (χ0n) is 10.4. The average molecular weight is 246 g/mol. The fourth-order valence-electron chi connectivity index (χ4n) is 1.82. The van der Waals surface area contributed by atoms with Gasteiger partial charge in [-0.1, -0.05) is 6.07 Å². The molecule has 1 aliphatic carbocycles. The number of nitrogens with zero attached hydrogens (tertiary/aromatic N) is 3. The number of fused-ring (bicyclic) bond motifs is 1. The summed E-state index contributed by atoms with van der Waals surface area (Å²) < 4.78 is 7.34. The van der Waals surface area contributed by atoms with Crippen molar-refractivity contribution in [2.24, 2.45) is 5.92 Å². The first kappa shape index (κ1) is 11.5. The molecule has 0 aliphatic heterocycles. The Morgan fingerprint density at radius 3 is 3.17 bits per heavy atom. The molecule has 0 atom stereocenters. The molecule has 0 spiro atoms. The van der Waals surface area contributed by atoms with Gasteiger partial charge in [0, 0.05) is 26.0 Å². The van der Waals surface area contributed by atoms with Crippen molar-refractivity contribution in [1.82, 2.24) is 14.6 Å². The molecule has 5 heteroatoms. The largest absolute Gasteiger partial charge is 0.381 e. The van der Waals surface area contributed by atoms with Crippen LogP contribution in [-0.4, -0.2) is 34.4 Å². The number of anilines is 1. The number of pyridine rings is 1. The SMILES string of the molecule is c1ccn2nc(NCCCOCC3CC3)nc2c1. The highest BCUT2D eigenvalue weighted by Crippen LogP contribution is 2.28. The smallest absolute Gasteiger partial charge is 0.243 e. The van der Waals surface area contributed by atoms with Gasteiger partial charge in [-0.3, -0.25) is 0 Å². The summed E-state index contributed by atoms with van der Waals surface area (Å²) in [7, 11) is 0. The molecule has 96 valence electrons. The van der Waals surface area contributed by atoms with E-state index >= 15 is 0 Å². The summed E-state index contributed by atoms with van der Waals surface area (Å²) in [6, 6.07) is 5.84. The van der Waals surface area contributed by atoms with E-state index in [9.17, 15) is 0 Å². The van der Waals surface area contributed by atoms with Gasteiger partial charge in [0.1, 0.15) is 0 Å². The van der Waals surface area contributed by atoms with E-state index in [2.05, 4.69) is 15.4 Å². The number of hydrogen-bond donors (Lipinski definition) is 1. The molecule has 18 heavy (non-hydrogen) atoms. The number of aromatic nitrogens is 3. The van der Waals surface area contributed by atoms with Gasteiger partial charge in [0.15, 0.2) is 5.65 Å². The zero-order valence-corrected chi connectivity index (χ0v) is 10.4. The molecular formula is C13H18N4O. The fraction of sp³-hybridized carbons (Fsp3) is 0.538. The molecule has 2 aromatic rings. The minimum absolute atomic E-state index is 0.684. The number of rotatable bonds is 7. The van der Waals surface area contributed by atoms with Crippen molar-refractivity contribution in [2.75, 3.05) is 25.1 Å². The van der Waals surface area contributed by atoms with E-state index in [0.717, 1.165) is 37.7 Å². The fourth-order valence-corrected chi connectivity index (χ4v) is 1.82. The van der Waals surface area contributed by atoms with Crippen LogP contribution in [0.4, 0.5) is 5.95 Å². The van der Waals surface area contributed by atoms with Crippen LogP contribution in [0.3, 0.4) is 0 Å². The highest BCUT2D eigenvalue weighted by atomic mass is 16.5.